The van der Waals surface area contributed by atoms with Crippen LogP contribution in [0.2, 0.25) is 0 Å². The first kappa shape index (κ1) is 23.0. The van der Waals surface area contributed by atoms with Crippen LogP contribution in [-0.4, -0.2) is 39.7 Å². The summed E-state index contributed by atoms with van der Waals surface area (Å²) in [4.78, 5) is 42.4. The smallest absolute Gasteiger partial charge is 0.343 e. The van der Waals surface area contributed by atoms with E-state index in [4.69, 9.17) is 9.47 Å². The molecule has 0 aliphatic carbocycles. The molecule has 1 aromatic heterocycles. The van der Waals surface area contributed by atoms with Crippen molar-refractivity contribution in [3.05, 3.63) is 87.2 Å². The number of nitrogens with zero attached hydrogens (tertiary/aromatic N) is 4. The number of hydrogen-bond donors (Lipinski definition) is 1. The number of anilines is 1. The van der Waals surface area contributed by atoms with Crippen molar-refractivity contribution in [1.29, 1.82) is 0 Å². The zero-order valence-electron chi connectivity index (χ0n) is 17.7. The molecule has 11 nitrogen and oxygen atoms in total. The monoisotopic (exact) mass is 449 g/mol. The van der Waals surface area contributed by atoms with E-state index in [2.05, 4.69) is 20.5 Å². The van der Waals surface area contributed by atoms with Crippen molar-refractivity contribution in [3.63, 3.8) is 0 Å². The fourth-order valence-corrected chi connectivity index (χ4v) is 2.63. The number of nitrogens with one attached hydrogen (secondary N) is 1. The van der Waals surface area contributed by atoms with Gasteiger partial charge in [-0.3, -0.25) is 10.1 Å². The lowest BCUT2D eigenvalue weighted by Gasteiger charge is -2.06. The number of rotatable bonds is 8. The molecule has 2 aromatic carbocycles. The molecule has 0 aliphatic rings. The first-order valence-electron chi connectivity index (χ1n) is 9.74. The predicted molar refractivity (Wildman–Crippen MR) is 118 cm³/mol. The number of aromatic nitrogens is 2. The summed E-state index contributed by atoms with van der Waals surface area (Å²) in [6.07, 6.45) is 2.87. The van der Waals surface area contributed by atoms with E-state index in [1.807, 2.05) is 0 Å². The Morgan fingerprint density at radius 1 is 1.18 bits per heavy atom. The van der Waals surface area contributed by atoms with Crippen LogP contribution in [0.1, 0.15) is 38.9 Å². The zero-order valence-corrected chi connectivity index (χ0v) is 17.7. The van der Waals surface area contributed by atoms with Gasteiger partial charge in [0.1, 0.15) is 5.75 Å². The molecular weight excluding hydrogens is 430 g/mol. The number of nitro benzene ring substituents is 1. The minimum absolute atomic E-state index is 0.0725. The van der Waals surface area contributed by atoms with Crippen molar-refractivity contribution in [2.24, 2.45) is 5.10 Å². The van der Waals surface area contributed by atoms with Crippen molar-refractivity contribution in [2.45, 2.75) is 13.8 Å². The lowest BCUT2D eigenvalue weighted by atomic mass is 10.2. The molecule has 0 radical (unpaired) electrons. The summed E-state index contributed by atoms with van der Waals surface area (Å²) in [5.41, 5.74) is 3.97. The quantitative estimate of drug-likeness (QED) is 0.179. The average Bonchev–Trinajstić information content (AvgIpc) is 2.80. The summed E-state index contributed by atoms with van der Waals surface area (Å²) in [7, 11) is 0. The van der Waals surface area contributed by atoms with Crippen LogP contribution in [0.25, 0.3) is 0 Å². The SMILES string of the molecule is CCOC(=O)c1cnc(N/N=C/c2ccc(OC(=O)c3cccc([N+](=O)[O-])c3)cc2)nc1C. The third-order valence-corrected chi connectivity index (χ3v) is 4.24. The summed E-state index contributed by atoms with van der Waals surface area (Å²) in [6.45, 7) is 3.64. The maximum atomic E-state index is 12.2. The number of carbonyl (C=O) groups excluding carboxylic acids is 2. The summed E-state index contributed by atoms with van der Waals surface area (Å²) in [6, 6.07) is 11.7. The average molecular weight is 449 g/mol. The number of aryl methyl sites for hydroxylation is 1. The van der Waals surface area contributed by atoms with Crippen LogP contribution in [0.5, 0.6) is 5.75 Å². The molecule has 0 saturated carbocycles. The Hall–Kier alpha value is -4.67. The van der Waals surface area contributed by atoms with Crippen LogP contribution in [0.3, 0.4) is 0 Å². The highest BCUT2D eigenvalue weighted by atomic mass is 16.6. The van der Waals surface area contributed by atoms with Crippen LogP contribution >= 0.6 is 0 Å². The van der Waals surface area contributed by atoms with Crippen molar-refractivity contribution in [1.82, 2.24) is 9.97 Å². The second-order valence-corrected chi connectivity index (χ2v) is 6.55. The number of hydrogen-bond acceptors (Lipinski definition) is 10. The van der Waals surface area contributed by atoms with Crippen LogP contribution in [-0.2, 0) is 4.74 Å². The molecule has 0 bridgehead atoms. The Morgan fingerprint density at radius 2 is 1.94 bits per heavy atom. The Balaban J connectivity index is 1.59. The molecule has 0 fully saturated rings. The summed E-state index contributed by atoms with van der Waals surface area (Å²) >= 11 is 0. The molecule has 3 rings (SSSR count). The van der Waals surface area contributed by atoms with E-state index < -0.39 is 16.9 Å². The maximum Gasteiger partial charge on any atom is 0.343 e. The fourth-order valence-electron chi connectivity index (χ4n) is 2.63. The van der Waals surface area contributed by atoms with Gasteiger partial charge in [0.15, 0.2) is 0 Å². The number of carbonyl (C=O) groups is 2. The van der Waals surface area contributed by atoms with Gasteiger partial charge in [-0.2, -0.15) is 5.10 Å². The highest BCUT2D eigenvalue weighted by Gasteiger charge is 2.14. The minimum Gasteiger partial charge on any atom is -0.462 e. The molecule has 0 spiro atoms. The topological polar surface area (TPSA) is 146 Å². The van der Waals surface area contributed by atoms with E-state index >= 15 is 0 Å². The standard InChI is InChI=1S/C22H19N5O6/c1-3-32-21(29)19-13-23-22(25-14(19)2)26-24-12-15-7-9-18(10-8-15)33-20(28)16-5-4-6-17(11-16)27(30)31/h4-13H,3H2,1-2H3,(H,23,25,26)/b24-12+. The summed E-state index contributed by atoms with van der Waals surface area (Å²) < 4.78 is 10.2. The number of non-ortho nitro benzene ring substituents is 1. The van der Waals surface area contributed by atoms with Crippen molar-refractivity contribution in [2.75, 3.05) is 12.0 Å². The zero-order chi connectivity index (χ0) is 23.8. The molecular formula is C22H19N5O6. The normalized spacial score (nSPS) is 10.6. The van der Waals surface area contributed by atoms with Crippen molar-refractivity contribution in [3.8, 4) is 5.75 Å². The van der Waals surface area contributed by atoms with E-state index in [1.165, 1.54) is 30.6 Å². The van der Waals surface area contributed by atoms with Gasteiger partial charge in [-0.05, 0) is 49.7 Å². The van der Waals surface area contributed by atoms with Gasteiger partial charge in [-0.25, -0.2) is 25.0 Å². The van der Waals surface area contributed by atoms with Gasteiger partial charge in [-0.1, -0.05) is 6.07 Å². The van der Waals surface area contributed by atoms with Crippen LogP contribution in [0, 0.1) is 17.0 Å². The number of ether oxygens (including phenoxy) is 2. The molecule has 3 aromatic rings. The number of esters is 2. The Labute approximate surface area is 188 Å². The van der Waals surface area contributed by atoms with E-state index in [0.29, 0.717) is 11.3 Å². The lowest BCUT2D eigenvalue weighted by Crippen LogP contribution is -2.10. The van der Waals surface area contributed by atoms with Gasteiger partial charge in [-0.15, -0.1) is 0 Å². The molecule has 0 aliphatic heterocycles. The van der Waals surface area contributed by atoms with E-state index in [0.717, 1.165) is 6.07 Å². The molecule has 0 atom stereocenters. The van der Waals surface area contributed by atoms with Crippen molar-refractivity contribution >= 4 is 29.8 Å². The Kier molecular flexibility index (Phi) is 7.37. The summed E-state index contributed by atoms with van der Waals surface area (Å²) in [5.74, 6) is -0.721. The Bertz CT molecular complexity index is 1210. The van der Waals surface area contributed by atoms with Gasteiger partial charge in [0.25, 0.3) is 5.69 Å². The Morgan fingerprint density at radius 3 is 2.61 bits per heavy atom. The second kappa shape index (κ2) is 10.6. The van der Waals surface area contributed by atoms with E-state index in [9.17, 15) is 19.7 Å². The van der Waals surface area contributed by atoms with E-state index in [1.54, 1.807) is 38.1 Å². The number of benzene rings is 2. The molecule has 1 heterocycles. The van der Waals surface area contributed by atoms with Gasteiger partial charge < -0.3 is 9.47 Å². The maximum absolute atomic E-state index is 12.2. The van der Waals surface area contributed by atoms with Gasteiger partial charge in [0.2, 0.25) is 5.95 Å². The molecule has 0 amide bonds. The molecule has 1 N–H and O–H groups in total. The van der Waals surface area contributed by atoms with Crippen LogP contribution < -0.4 is 10.2 Å². The highest BCUT2D eigenvalue weighted by Crippen LogP contribution is 2.17. The first-order valence-corrected chi connectivity index (χ1v) is 9.74. The number of hydrazone groups is 1. The van der Waals surface area contributed by atoms with Gasteiger partial charge in [0.05, 0.1) is 34.6 Å². The van der Waals surface area contributed by atoms with Gasteiger partial charge >= 0.3 is 11.9 Å². The van der Waals surface area contributed by atoms with Crippen molar-refractivity contribution < 1.29 is 24.0 Å². The first-order chi connectivity index (χ1) is 15.9. The van der Waals surface area contributed by atoms with E-state index in [-0.39, 0.29) is 35.1 Å². The number of nitro groups is 1. The summed E-state index contributed by atoms with van der Waals surface area (Å²) in [5, 5.41) is 14.9. The fraction of sp³-hybridized carbons (Fsp3) is 0.136. The largest absolute Gasteiger partial charge is 0.462 e. The van der Waals surface area contributed by atoms with Gasteiger partial charge in [0, 0.05) is 18.3 Å². The highest BCUT2D eigenvalue weighted by molar-refractivity contribution is 5.92. The lowest BCUT2D eigenvalue weighted by molar-refractivity contribution is -0.384. The van der Waals surface area contributed by atoms with Crippen LogP contribution in [0.15, 0.2) is 59.8 Å². The second-order valence-electron chi connectivity index (χ2n) is 6.55. The third kappa shape index (κ3) is 6.17. The minimum atomic E-state index is -0.708. The molecule has 0 saturated heterocycles. The molecule has 33 heavy (non-hydrogen) atoms. The predicted octanol–water partition coefficient (Wildman–Crippen LogP) is 3.54. The third-order valence-electron chi connectivity index (χ3n) is 4.24. The van der Waals surface area contributed by atoms with Crippen LogP contribution in [0.4, 0.5) is 11.6 Å². The molecule has 0 unspecified atom stereocenters. The molecule has 168 valence electrons. The molecule has 11 heteroatoms.